The van der Waals surface area contributed by atoms with Gasteiger partial charge in [0.2, 0.25) is 0 Å². The van der Waals surface area contributed by atoms with Crippen molar-refractivity contribution in [3.63, 3.8) is 0 Å². The Bertz CT molecular complexity index is 1260. The van der Waals surface area contributed by atoms with E-state index in [2.05, 4.69) is 0 Å². The number of hydrogen-bond donors (Lipinski definition) is 2. The number of ether oxygens (including phenoxy) is 1. The summed E-state index contributed by atoms with van der Waals surface area (Å²) in [7, 11) is 0. The second kappa shape index (κ2) is 8.82. The van der Waals surface area contributed by atoms with Crippen molar-refractivity contribution in [1.29, 1.82) is 0 Å². The number of Topliss-reactive ketones (excluding diaryl/α,β-unsaturated/α-hetero) is 1. The van der Waals surface area contributed by atoms with Gasteiger partial charge in [0, 0.05) is 5.56 Å². The van der Waals surface area contributed by atoms with Gasteiger partial charge in [-0.25, -0.2) is 0 Å². The van der Waals surface area contributed by atoms with Crippen LogP contribution in [0.15, 0.2) is 78.4 Å². The number of hydrogen-bond acceptors (Lipinski definition) is 5. The molecule has 1 heterocycles. The number of phenolic OH excluding ortho intramolecular Hbond substituents is 1. The molecule has 0 saturated carbocycles. The van der Waals surface area contributed by atoms with Crippen molar-refractivity contribution < 1.29 is 24.5 Å². The molecule has 0 aromatic heterocycles. The number of para-hydroxylation sites is 2. The average molecular weight is 443 g/mol. The summed E-state index contributed by atoms with van der Waals surface area (Å²) in [5, 5.41) is 21.8. The van der Waals surface area contributed by atoms with Crippen LogP contribution in [0.5, 0.6) is 11.5 Å². The molecule has 0 spiro atoms. The van der Waals surface area contributed by atoms with Gasteiger partial charge >= 0.3 is 0 Å². The molecular weight excluding hydrogens is 418 g/mol. The quantitative estimate of drug-likeness (QED) is 0.325. The molecule has 1 aliphatic heterocycles. The van der Waals surface area contributed by atoms with Crippen molar-refractivity contribution in [3.05, 3.63) is 95.1 Å². The van der Waals surface area contributed by atoms with Crippen molar-refractivity contribution >= 4 is 23.1 Å². The van der Waals surface area contributed by atoms with Crippen LogP contribution in [0, 0.1) is 6.92 Å². The van der Waals surface area contributed by atoms with Crippen LogP contribution in [-0.4, -0.2) is 28.0 Å². The van der Waals surface area contributed by atoms with Crippen molar-refractivity contribution in [1.82, 2.24) is 0 Å². The molecule has 1 amide bonds. The number of anilines is 1. The zero-order valence-electron chi connectivity index (χ0n) is 18.6. The average Bonchev–Trinajstić information content (AvgIpc) is 3.04. The van der Waals surface area contributed by atoms with Gasteiger partial charge in [0.15, 0.2) is 0 Å². The number of aromatic hydroxyl groups is 1. The van der Waals surface area contributed by atoms with Crippen molar-refractivity contribution in [2.24, 2.45) is 0 Å². The third kappa shape index (κ3) is 4.07. The first-order chi connectivity index (χ1) is 15.8. The first kappa shape index (κ1) is 22.1. The third-order valence-corrected chi connectivity index (χ3v) is 5.55. The lowest BCUT2D eigenvalue weighted by atomic mass is 9.92. The first-order valence-corrected chi connectivity index (χ1v) is 10.7. The van der Waals surface area contributed by atoms with Gasteiger partial charge in [0.05, 0.1) is 23.4 Å². The molecule has 1 aliphatic rings. The SMILES string of the molecule is Cc1ccccc1C1/C(=C(\O)c2cccc(OC(C)C)c2)C(=O)C(=O)N1c1ccccc1O. The van der Waals surface area contributed by atoms with E-state index in [1.54, 1.807) is 42.5 Å². The second-order valence-electron chi connectivity index (χ2n) is 8.21. The molecule has 1 unspecified atom stereocenters. The van der Waals surface area contributed by atoms with Gasteiger partial charge in [-0.2, -0.15) is 0 Å². The zero-order valence-corrected chi connectivity index (χ0v) is 18.6. The number of carbonyl (C=O) groups is 2. The summed E-state index contributed by atoms with van der Waals surface area (Å²) in [6.07, 6.45) is -0.0685. The van der Waals surface area contributed by atoms with Crippen LogP contribution >= 0.6 is 0 Å². The van der Waals surface area contributed by atoms with E-state index in [1.807, 2.05) is 45.0 Å². The Balaban J connectivity index is 1.95. The molecule has 6 nitrogen and oxygen atoms in total. The summed E-state index contributed by atoms with van der Waals surface area (Å²) in [5.74, 6) is -1.53. The number of carbonyl (C=O) groups excluding carboxylic acids is 2. The summed E-state index contributed by atoms with van der Waals surface area (Å²) in [5.41, 5.74) is 2.04. The third-order valence-electron chi connectivity index (χ3n) is 5.55. The number of nitrogens with zero attached hydrogens (tertiary/aromatic N) is 1. The molecule has 168 valence electrons. The van der Waals surface area contributed by atoms with E-state index in [9.17, 15) is 19.8 Å². The molecular formula is C27H25NO5. The molecule has 1 saturated heterocycles. The van der Waals surface area contributed by atoms with E-state index in [4.69, 9.17) is 4.74 Å². The number of amides is 1. The smallest absolute Gasteiger partial charge is 0.300 e. The molecule has 1 atom stereocenters. The summed E-state index contributed by atoms with van der Waals surface area (Å²) in [6, 6.07) is 19.6. The lowest BCUT2D eigenvalue weighted by Gasteiger charge is -2.27. The predicted octanol–water partition coefficient (Wildman–Crippen LogP) is 5.11. The van der Waals surface area contributed by atoms with Crippen LogP contribution in [0.4, 0.5) is 5.69 Å². The fraction of sp³-hybridized carbons (Fsp3) is 0.185. The minimum atomic E-state index is -0.908. The number of phenols is 1. The maximum Gasteiger partial charge on any atom is 0.300 e. The van der Waals surface area contributed by atoms with Gasteiger partial charge in [-0.15, -0.1) is 0 Å². The Morgan fingerprint density at radius 3 is 2.36 bits per heavy atom. The standard InChI is InChI=1S/C27H25NO5/c1-16(2)33-19-11-8-10-18(15-19)25(30)23-24(20-12-5-4-9-17(20)3)28(27(32)26(23)31)21-13-6-7-14-22(21)29/h4-16,24,29-30H,1-3H3/b25-23+. The molecule has 4 rings (SSSR count). The van der Waals surface area contributed by atoms with Crippen LogP contribution in [0.1, 0.15) is 36.6 Å². The second-order valence-corrected chi connectivity index (χ2v) is 8.21. The Kier molecular flexibility index (Phi) is 5.92. The van der Waals surface area contributed by atoms with Crippen LogP contribution in [0.3, 0.4) is 0 Å². The van der Waals surface area contributed by atoms with Gasteiger partial charge in [-0.05, 0) is 56.2 Å². The minimum absolute atomic E-state index is 0.0424. The zero-order chi connectivity index (χ0) is 23.7. The highest BCUT2D eigenvalue weighted by Gasteiger charge is 2.48. The fourth-order valence-electron chi connectivity index (χ4n) is 4.08. The molecule has 3 aromatic carbocycles. The summed E-state index contributed by atoms with van der Waals surface area (Å²) in [6.45, 7) is 5.66. The maximum absolute atomic E-state index is 13.3. The van der Waals surface area contributed by atoms with Gasteiger partial charge in [0.25, 0.3) is 11.7 Å². The van der Waals surface area contributed by atoms with Gasteiger partial charge in [0.1, 0.15) is 17.3 Å². The van der Waals surface area contributed by atoms with Gasteiger partial charge < -0.3 is 14.9 Å². The van der Waals surface area contributed by atoms with Gasteiger partial charge in [-0.3, -0.25) is 14.5 Å². The molecule has 0 radical (unpaired) electrons. The van der Waals surface area contributed by atoms with Crippen LogP contribution in [0.25, 0.3) is 5.76 Å². The molecule has 1 fully saturated rings. The number of aliphatic hydroxyl groups is 1. The topological polar surface area (TPSA) is 87.1 Å². The van der Waals surface area contributed by atoms with Gasteiger partial charge in [-0.1, -0.05) is 48.5 Å². The van der Waals surface area contributed by atoms with E-state index >= 15 is 0 Å². The highest BCUT2D eigenvalue weighted by molar-refractivity contribution is 6.52. The maximum atomic E-state index is 13.3. The predicted molar refractivity (Wildman–Crippen MR) is 126 cm³/mol. The lowest BCUT2D eigenvalue weighted by Crippen LogP contribution is -2.29. The van der Waals surface area contributed by atoms with Crippen LogP contribution in [-0.2, 0) is 9.59 Å². The Hall–Kier alpha value is -4.06. The largest absolute Gasteiger partial charge is 0.507 e. The number of rotatable bonds is 5. The Labute approximate surface area is 192 Å². The Morgan fingerprint density at radius 2 is 1.67 bits per heavy atom. The van der Waals surface area contributed by atoms with Crippen LogP contribution in [0.2, 0.25) is 0 Å². The normalized spacial score (nSPS) is 17.6. The summed E-state index contributed by atoms with van der Waals surface area (Å²) < 4.78 is 5.72. The molecule has 0 bridgehead atoms. The van der Waals surface area contributed by atoms with Crippen molar-refractivity contribution in [3.8, 4) is 11.5 Å². The van der Waals surface area contributed by atoms with E-state index < -0.39 is 17.7 Å². The van der Waals surface area contributed by atoms with E-state index in [-0.39, 0.29) is 28.9 Å². The van der Waals surface area contributed by atoms with E-state index in [1.165, 1.54) is 11.0 Å². The summed E-state index contributed by atoms with van der Waals surface area (Å²) in [4.78, 5) is 27.7. The minimum Gasteiger partial charge on any atom is -0.507 e. The van der Waals surface area contributed by atoms with Crippen LogP contribution < -0.4 is 9.64 Å². The molecule has 0 aliphatic carbocycles. The fourth-order valence-corrected chi connectivity index (χ4v) is 4.08. The molecule has 3 aromatic rings. The molecule has 2 N–H and O–H groups in total. The monoisotopic (exact) mass is 443 g/mol. The van der Waals surface area contributed by atoms with Crippen molar-refractivity contribution in [2.45, 2.75) is 32.9 Å². The summed E-state index contributed by atoms with van der Waals surface area (Å²) >= 11 is 0. The Morgan fingerprint density at radius 1 is 0.970 bits per heavy atom. The number of aryl methyl sites for hydroxylation is 1. The number of benzene rings is 3. The number of ketones is 1. The highest BCUT2D eigenvalue weighted by Crippen LogP contribution is 2.45. The van der Waals surface area contributed by atoms with E-state index in [0.717, 1.165) is 5.56 Å². The molecule has 6 heteroatoms. The lowest BCUT2D eigenvalue weighted by molar-refractivity contribution is -0.132. The highest BCUT2D eigenvalue weighted by atomic mass is 16.5. The van der Waals surface area contributed by atoms with Crippen molar-refractivity contribution in [2.75, 3.05) is 4.90 Å². The van der Waals surface area contributed by atoms with E-state index in [0.29, 0.717) is 16.9 Å². The first-order valence-electron chi connectivity index (χ1n) is 10.7. The number of aliphatic hydroxyl groups excluding tert-OH is 1. The molecule has 33 heavy (non-hydrogen) atoms.